The number of aliphatic carboxylic acids is 1. The molecule has 8 heteroatoms. The molecule has 0 radical (unpaired) electrons. The van der Waals surface area contributed by atoms with E-state index in [1.54, 1.807) is 42.5 Å². The first-order chi connectivity index (χ1) is 15.0. The van der Waals surface area contributed by atoms with E-state index in [4.69, 9.17) is 9.47 Å². The fourth-order valence-electron chi connectivity index (χ4n) is 4.21. The van der Waals surface area contributed by atoms with Crippen molar-refractivity contribution in [1.82, 2.24) is 4.98 Å². The van der Waals surface area contributed by atoms with Crippen LogP contribution >= 0.6 is 0 Å². The SMILES string of the molecule is O=C(O)[C@H]1c2ccccc2C(=O)N(c2ccnc(F)c2)[C@@H]1c1ccc2c(c1)OCCO2. The number of carbonyl (C=O) groups is 2. The second kappa shape index (κ2) is 7.39. The number of hydrogen-bond acceptors (Lipinski definition) is 5. The van der Waals surface area contributed by atoms with E-state index in [9.17, 15) is 19.1 Å². The third-order valence-corrected chi connectivity index (χ3v) is 5.50. The van der Waals surface area contributed by atoms with Crippen molar-refractivity contribution in [3.05, 3.63) is 83.4 Å². The normalized spacial score (nSPS) is 19.6. The molecule has 0 fully saturated rings. The fourth-order valence-corrected chi connectivity index (χ4v) is 4.21. The molecule has 2 aromatic carbocycles. The van der Waals surface area contributed by atoms with Crippen LogP contribution in [0.25, 0.3) is 0 Å². The molecule has 0 bridgehead atoms. The average Bonchev–Trinajstić information content (AvgIpc) is 2.78. The number of amides is 1. The van der Waals surface area contributed by atoms with Crippen molar-refractivity contribution >= 4 is 17.6 Å². The second-order valence-electron chi connectivity index (χ2n) is 7.26. The number of aromatic nitrogens is 1. The predicted octanol–water partition coefficient (Wildman–Crippen LogP) is 3.56. The van der Waals surface area contributed by atoms with Crippen LogP contribution in [0.15, 0.2) is 60.8 Å². The molecule has 7 nitrogen and oxygen atoms in total. The zero-order valence-electron chi connectivity index (χ0n) is 16.2. The maximum Gasteiger partial charge on any atom is 0.313 e. The van der Waals surface area contributed by atoms with Crippen molar-refractivity contribution in [2.75, 3.05) is 18.1 Å². The Labute approximate surface area is 176 Å². The van der Waals surface area contributed by atoms with Crippen molar-refractivity contribution < 1.29 is 28.6 Å². The van der Waals surface area contributed by atoms with Gasteiger partial charge in [-0.2, -0.15) is 4.39 Å². The van der Waals surface area contributed by atoms with Crippen molar-refractivity contribution in [3.63, 3.8) is 0 Å². The molecule has 156 valence electrons. The van der Waals surface area contributed by atoms with E-state index in [1.807, 2.05) is 0 Å². The van der Waals surface area contributed by atoms with E-state index in [-0.39, 0.29) is 11.3 Å². The smallest absolute Gasteiger partial charge is 0.313 e. The van der Waals surface area contributed by atoms with E-state index in [0.29, 0.717) is 35.8 Å². The minimum atomic E-state index is -1.10. The van der Waals surface area contributed by atoms with Gasteiger partial charge in [-0.05, 0) is 35.4 Å². The van der Waals surface area contributed by atoms with Gasteiger partial charge in [0, 0.05) is 17.8 Å². The number of halogens is 1. The van der Waals surface area contributed by atoms with Gasteiger partial charge in [-0.1, -0.05) is 24.3 Å². The summed E-state index contributed by atoms with van der Waals surface area (Å²) in [5, 5.41) is 10.2. The predicted molar refractivity (Wildman–Crippen MR) is 108 cm³/mol. The molecule has 1 aromatic heterocycles. The fraction of sp³-hybridized carbons (Fsp3) is 0.174. The molecular weight excluding hydrogens is 403 g/mol. The number of carboxylic acid groups (broad SMARTS) is 1. The van der Waals surface area contributed by atoms with Gasteiger partial charge in [0.05, 0.1) is 11.7 Å². The van der Waals surface area contributed by atoms with Crippen LogP contribution in [0, 0.1) is 5.95 Å². The highest BCUT2D eigenvalue weighted by Crippen LogP contribution is 2.46. The Kier molecular flexibility index (Phi) is 4.54. The number of carboxylic acids is 1. The van der Waals surface area contributed by atoms with Gasteiger partial charge in [-0.15, -0.1) is 0 Å². The minimum Gasteiger partial charge on any atom is -0.486 e. The Morgan fingerprint density at radius 3 is 2.61 bits per heavy atom. The Morgan fingerprint density at radius 2 is 1.84 bits per heavy atom. The number of anilines is 1. The van der Waals surface area contributed by atoms with Crippen LogP contribution in [-0.2, 0) is 4.79 Å². The summed E-state index contributed by atoms with van der Waals surface area (Å²) in [7, 11) is 0. The van der Waals surface area contributed by atoms with Crippen LogP contribution < -0.4 is 14.4 Å². The maximum absolute atomic E-state index is 14.0. The third kappa shape index (κ3) is 3.16. The van der Waals surface area contributed by atoms with Gasteiger partial charge in [-0.25, -0.2) is 4.98 Å². The molecule has 2 atom stereocenters. The molecule has 0 saturated carbocycles. The number of carbonyl (C=O) groups excluding carboxylic acids is 1. The van der Waals surface area contributed by atoms with Gasteiger partial charge in [0.1, 0.15) is 19.1 Å². The summed E-state index contributed by atoms with van der Waals surface area (Å²) in [5.74, 6) is -2.34. The molecular formula is C23H17FN2O5. The van der Waals surface area contributed by atoms with E-state index in [1.165, 1.54) is 17.2 Å². The Morgan fingerprint density at radius 1 is 1.06 bits per heavy atom. The number of pyridine rings is 1. The van der Waals surface area contributed by atoms with E-state index in [2.05, 4.69) is 4.98 Å². The van der Waals surface area contributed by atoms with Crippen molar-refractivity contribution in [3.8, 4) is 11.5 Å². The van der Waals surface area contributed by atoms with Crippen LogP contribution in [-0.4, -0.2) is 35.2 Å². The maximum atomic E-state index is 14.0. The summed E-state index contributed by atoms with van der Waals surface area (Å²) in [4.78, 5) is 30.8. The lowest BCUT2D eigenvalue weighted by Gasteiger charge is -2.41. The molecule has 5 rings (SSSR count). The molecule has 0 spiro atoms. The zero-order valence-corrected chi connectivity index (χ0v) is 16.2. The standard InChI is InChI=1S/C23H17FN2O5/c24-19-12-14(7-8-25-19)26-21(13-5-6-17-18(11-13)31-10-9-30-17)20(23(28)29)15-3-1-2-4-16(15)22(26)27/h1-8,11-12,20-21H,9-10H2,(H,28,29)/t20-,21+/m0/s1. The number of nitrogens with zero attached hydrogens (tertiary/aromatic N) is 2. The Hall–Kier alpha value is -3.94. The van der Waals surface area contributed by atoms with Crippen molar-refractivity contribution in [2.24, 2.45) is 0 Å². The van der Waals surface area contributed by atoms with E-state index >= 15 is 0 Å². The molecule has 2 aliphatic rings. The van der Waals surface area contributed by atoms with Gasteiger partial charge in [0.15, 0.2) is 11.5 Å². The monoisotopic (exact) mass is 420 g/mol. The highest BCUT2D eigenvalue weighted by Gasteiger charge is 2.45. The second-order valence-corrected chi connectivity index (χ2v) is 7.26. The van der Waals surface area contributed by atoms with Crippen LogP contribution in [0.4, 0.5) is 10.1 Å². The highest BCUT2D eigenvalue weighted by atomic mass is 19.1. The van der Waals surface area contributed by atoms with Crippen molar-refractivity contribution in [1.29, 1.82) is 0 Å². The van der Waals surface area contributed by atoms with Gasteiger partial charge >= 0.3 is 5.97 Å². The van der Waals surface area contributed by atoms with Gasteiger partial charge < -0.3 is 14.6 Å². The van der Waals surface area contributed by atoms with E-state index < -0.39 is 29.8 Å². The average molecular weight is 420 g/mol. The number of ether oxygens (including phenoxy) is 2. The molecule has 1 N–H and O–H groups in total. The number of hydrogen-bond donors (Lipinski definition) is 1. The minimum absolute atomic E-state index is 0.221. The van der Waals surface area contributed by atoms with Crippen LogP contribution in [0.3, 0.4) is 0 Å². The molecule has 31 heavy (non-hydrogen) atoms. The number of fused-ring (bicyclic) bond motifs is 2. The van der Waals surface area contributed by atoms with Crippen LogP contribution in [0.2, 0.25) is 0 Å². The summed E-state index contributed by atoms with van der Waals surface area (Å²) in [6, 6.07) is 13.3. The topological polar surface area (TPSA) is 89.0 Å². The van der Waals surface area contributed by atoms with Gasteiger partial charge in [-0.3, -0.25) is 14.5 Å². The summed E-state index contributed by atoms with van der Waals surface area (Å²) >= 11 is 0. The summed E-state index contributed by atoms with van der Waals surface area (Å²) in [6.45, 7) is 0.784. The summed E-state index contributed by atoms with van der Waals surface area (Å²) in [6.07, 6.45) is 1.25. The lowest BCUT2D eigenvalue weighted by atomic mass is 9.79. The molecule has 0 saturated heterocycles. The lowest BCUT2D eigenvalue weighted by molar-refractivity contribution is -0.139. The summed E-state index contributed by atoms with van der Waals surface area (Å²) in [5.41, 5.74) is 1.43. The van der Waals surface area contributed by atoms with Gasteiger partial charge in [0.2, 0.25) is 5.95 Å². The van der Waals surface area contributed by atoms with Crippen molar-refractivity contribution in [2.45, 2.75) is 12.0 Å². The largest absolute Gasteiger partial charge is 0.486 e. The molecule has 2 aliphatic heterocycles. The number of benzene rings is 2. The van der Waals surface area contributed by atoms with Gasteiger partial charge in [0.25, 0.3) is 5.91 Å². The van der Waals surface area contributed by atoms with Crippen LogP contribution in [0.1, 0.15) is 33.4 Å². The molecule has 3 heterocycles. The highest BCUT2D eigenvalue weighted by molar-refractivity contribution is 6.10. The quantitative estimate of drug-likeness (QED) is 0.652. The first-order valence-corrected chi connectivity index (χ1v) is 9.71. The third-order valence-electron chi connectivity index (χ3n) is 5.50. The molecule has 0 unspecified atom stereocenters. The Bertz CT molecular complexity index is 1200. The zero-order chi connectivity index (χ0) is 21.5. The number of rotatable bonds is 3. The Balaban J connectivity index is 1.74. The molecule has 3 aromatic rings. The molecule has 0 aliphatic carbocycles. The first-order valence-electron chi connectivity index (χ1n) is 9.71. The first kappa shape index (κ1) is 19.0. The summed E-state index contributed by atoms with van der Waals surface area (Å²) < 4.78 is 25.2. The lowest BCUT2D eigenvalue weighted by Crippen LogP contribution is -2.45. The van der Waals surface area contributed by atoms with E-state index in [0.717, 1.165) is 6.07 Å². The molecule has 1 amide bonds. The van der Waals surface area contributed by atoms with Crippen LogP contribution in [0.5, 0.6) is 11.5 Å².